The molecular weight excluding hydrogens is 478 g/mol. The topological polar surface area (TPSA) is 125 Å². The zero-order valence-electron chi connectivity index (χ0n) is 20.3. The SMILES string of the molecule is Cc1ncc(NC(=O)CN2CC(C)(C)C2)cc1NC(=O)c1nnn2cc(-c3csc(CO)c3)ccc12. The molecule has 1 saturated heterocycles. The second-order valence-corrected chi connectivity index (χ2v) is 10.8. The van der Waals surface area contributed by atoms with Crippen molar-refractivity contribution in [2.75, 3.05) is 30.3 Å². The van der Waals surface area contributed by atoms with Crippen LogP contribution in [0.3, 0.4) is 0 Å². The summed E-state index contributed by atoms with van der Waals surface area (Å²) >= 11 is 1.48. The molecule has 1 fully saturated rings. The summed E-state index contributed by atoms with van der Waals surface area (Å²) in [5.74, 6) is -0.544. The maximum atomic E-state index is 13.1. The Hall–Kier alpha value is -3.67. The Labute approximate surface area is 212 Å². The third-order valence-corrected chi connectivity index (χ3v) is 6.98. The fraction of sp³-hybridized carbons (Fsp3) is 0.320. The highest BCUT2D eigenvalue weighted by Crippen LogP contribution is 2.29. The van der Waals surface area contributed by atoms with E-state index in [1.54, 1.807) is 36.0 Å². The fourth-order valence-corrected chi connectivity index (χ4v) is 5.18. The van der Waals surface area contributed by atoms with Crippen LogP contribution in [0.25, 0.3) is 16.6 Å². The number of hydrogen-bond acceptors (Lipinski definition) is 8. The Morgan fingerprint density at radius 2 is 1.97 bits per heavy atom. The molecule has 186 valence electrons. The van der Waals surface area contributed by atoms with Crippen LogP contribution in [0.2, 0.25) is 0 Å². The van der Waals surface area contributed by atoms with E-state index in [4.69, 9.17) is 0 Å². The Morgan fingerprint density at radius 1 is 1.17 bits per heavy atom. The van der Waals surface area contributed by atoms with E-state index in [0.29, 0.717) is 29.1 Å². The minimum absolute atomic E-state index is 0.00347. The second-order valence-electron chi connectivity index (χ2n) is 9.81. The summed E-state index contributed by atoms with van der Waals surface area (Å²) in [6, 6.07) is 7.29. The molecule has 5 heterocycles. The number of aromatic nitrogens is 4. The number of rotatable bonds is 7. The van der Waals surface area contributed by atoms with Crippen molar-refractivity contribution in [3.8, 4) is 11.1 Å². The molecule has 4 aromatic heterocycles. The van der Waals surface area contributed by atoms with Crippen molar-refractivity contribution in [2.45, 2.75) is 27.4 Å². The summed E-state index contributed by atoms with van der Waals surface area (Å²) in [7, 11) is 0. The van der Waals surface area contributed by atoms with E-state index in [-0.39, 0.29) is 23.6 Å². The van der Waals surface area contributed by atoms with Gasteiger partial charge in [0.1, 0.15) is 0 Å². The van der Waals surface area contributed by atoms with Gasteiger partial charge in [0.25, 0.3) is 5.91 Å². The molecule has 0 aliphatic carbocycles. The van der Waals surface area contributed by atoms with E-state index >= 15 is 0 Å². The summed E-state index contributed by atoms with van der Waals surface area (Å²) in [5.41, 5.74) is 4.46. The number of aliphatic hydroxyl groups is 1. The Kier molecular flexibility index (Phi) is 6.29. The van der Waals surface area contributed by atoms with Crippen molar-refractivity contribution in [1.29, 1.82) is 0 Å². The number of pyridine rings is 2. The van der Waals surface area contributed by atoms with Crippen molar-refractivity contribution < 1.29 is 14.7 Å². The molecule has 0 saturated carbocycles. The van der Waals surface area contributed by atoms with Gasteiger partial charge in [0.15, 0.2) is 5.69 Å². The first-order valence-corrected chi connectivity index (χ1v) is 12.4. The first kappa shape index (κ1) is 24.0. The minimum Gasteiger partial charge on any atom is -0.391 e. The number of nitrogens with zero attached hydrogens (tertiary/aromatic N) is 5. The summed E-state index contributed by atoms with van der Waals surface area (Å²) in [6.45, 7) is 8.22. The summed E-state index contributed by atoms with van der Waals surface area (Å²) in [6.07, 6.45) is 3.37. The number of aliphatic hydroxyl groups excluding tert-OH is 1. The van der Waals surface area contributed by atoms with Crippen LogP contribution in [0.15, 0.2) is 42.0 Å². The number of carbonyl (C=O) groups excluding carboxylic acids is 2. The van der Waals surface area contributed by atoms with Gasteiger partial charge in [-0.15, -0.1) is 16.4 Å². The van der Waals surface area contributed by atoms with Gasteiger partial charge in [-0.2, -0.15) is 0 Å². The maximum absolute atomic E-state index is 13.1. The number of nitrogens with one attached hydrogen (secondary N) is 2. The first-order chi connectivity index (χ1) is 17.2. The van der Waals surface area contributed by atoms with Crippen LogP contribution in [-0.4, -0.2) is 61.3 Å². The predicted octanol–water partition coefficient (Wildman–Crippen LogP) is 3.19. The maximum Gasteiger partial charge on any atom is 0.278 e. The molecule has 11 heteroatoms. The number of aryl methyl sites for hydroxylation is 1. The molecule has 4 aromatic rings. The molecule has 0 bridgehead atoms. The van der Waals surface area contributed by atoms with Crippen LogP contribution < -0.4 is 10.6 Å². The lowest BCUT2D eigenvalue weighted by atomic mass is 9.84. The molecule has 36 heavy (non-hydrogen) atoms. The number of anilines is 2. The van der Waals surface area contributed by atoms with Crippen molar-refractivity contribution in [2.24, 2.45) is 5.41 Å². The molecular formula is C25H27N7O3S. The third-order valence-electron chi connectivity index (χ3n) is 6.06. The molecule has 0 radical (unpaired) electrons. The van der Waals surface area contributed by atoms with Crippen LogP contribution in [0.5, 0.6) is 0 Å². The number of hydrogen-bond donors (Lipinski definition) is 3. The molecule has 2 amide bonds. The molecule has 1 aliphatic rings. The summed E-state index contributed by atoms with van der Waals surface area (Å²) in [5, 5.41) is 25.2. The second kappa shape index (κ2) is 9.41. The monoisotopic (exact) mass is 505 g/mol. The standard InChI is InChI=1S/C25H27N7O3S/c1-15-20(7-18(8-26-15)27-22(34)10-31-13-25(2,3)14-31)28-24(35)23-21-5-4-16(9-32(21)30-29-23)17-6-19(11-33)36-12-17/h4-9,12,33H,10-11,13-14H2,1-3H3,(H,27,34)(H,28,35). The fourth-order valence-electron chi connectivity index (χ4n) is 4.43. The first-order valence-electron chi connectivity index (χ1n) is 11.5. The molecule has 3 N–H and O–H groups in total. The Bertz CT molecular complexity index is 1450. The van der Waals surface area contributed by atoms with E-state index in [2.05, 4.69) is 44.7 Å². The van der Waals surface area contributed by atoms with Gasteiger partial charge in [0.2, 0.25) is 5.91 Å². The lowest BCUT2D eigenvalue weighted by Crippen LogP contribution is -2.54. The highest BCUT2D eigenvalue weighted by molar-refractivity contribution is 7.10. The average molecular weight is 506 g/mol. The van der Waals surface area contributed by atoms with E-state index in [1.165, 1.54) is 11.3 Å². The van der Waals surface area contributed by atoms with Gasteiger partial charge in [-0.1, -0.05) is 25.1 Å². The number of thiophene rings is 1. The van der Waals surface area contributed by atoms with Crippen molar-refractivity contribution in [3.63, 3.8) is 0 Å². The molecule has 0 aromatic carbocycles. The van der Waals surface area contributed by atoms with Crippen LogP contribution >= 0.6 is 11.3 Å². The van der Waals surface area contributed by atoms with Gasteiger partial charge >= 0.3 is 0 Å². The molecule has 10 nitrogen and oxygen atoms in total. The van der Waals surface area contributed by atoms with Gasteiger partial charge in [-0.05, 0) is 41.5 Å². The molecule has 0 spiro atoms. The zero-order chi connectivity index (χ0) is 25.4. The molecule has 0 atom stereocenters. The zero-order valence-corrected chi connectivity index (χ0v) is 21.1. The highest BCUT2D eigenvalue weighted by Gasteiger charge is 2.34. The van der Waals surface area contributed by atoms with Crippen LogP contribution in [0.1, 0.15) is 34.9 Å². The number of fused-ring (bicyclic) bond motifs is 1. The lowest BCUT2D eigenvalue weighted by molar-refractivity contribution is -0.120. The number of likely N-dealkylation sites (tertiary alicyclic amines) is 1. The summed E-state index contributed by atoms with van der Waals surface area (Å²) < 4.78 is 1.55. The smallest absolute Gasteiger partial charge is 0.278 e. The van der Waals surface area contributed by atoms with Crippen molar-refractivity contribution >= 4 is 40.0 Å². The number of amides is 2. The predicted molar refractivity (Wildman–Crippen MR) is 138 cm³/mol. The van der Waals surface area contributed by atoms with Crippen LogP contribution in [0.4, 0.5) is 11.4 Å². The molecule has 1 aliphatic heterocycles. The van der Waals surface area contributed by atoms with Gasteiger partial charge in [0, 0.05) is 29.7 Å². The third kappa shape index (κ3) is 4.99. The molecule has 5 rings (SSSR count). The van der Waals surface area contributed by atoms with E-state index < -0.39 is 5.91 Å². The normalized spacial score (nSPS) is 15.0. The lowest BCUT2D eigenvalue weighted by Gasteiger charge is -2.45. The quantitative estimate of drug-likeness (QED) is 0.352. The van der Waals surface area contributed by atoms with E-state index in [0.717, 1.165) is 29.1 Å². The minimum atomic E-state index is -0.424. The largest absolute Gasteiger partial charge is 0.391 e. The van der Waals surface area contributed by atoms with Crippen LogP contribution in [-0.2, 0) is 11.4 Å². The van der Waals surface area contributed by atoms with Gasteiger partial charge < -0.3 is 15.7 Å². The Balaban J connectivity index is 1.28. The van der Waals surface area contributed by atoms with Crippen molar-refractivity contribution in [1.82, 2.24) is 24.7 Å². The highest BCUT2D eigenvalue weighted by atomic mass is 32.1. The van der Waals surface area contributed by atoms with Gasteiger partial charge in [0.05, 0.1) is 41.9 Å². The van der Waals surface area contributed by atoms with Crippen LogP contribution in [0, 0.1) is 12.3 Å². The number of carbonyl (C=O) groups is 2. The van der Waals surface area contributed by atoms with E-state index in [9.17, 15) is 14.7 Å². The molecule has 0 unspecified atom stereocenters. The van der Waals surface area contributed by atoms with Crippen molar-refractivity contribution in [3.05, 3.63) is 58.3 Å². The Morgan fingerprint density at radius 3 is 2.69 bits per heavy atom. The summed E-state index contributed by atoms with van der Waals surface area (Å²) in [4.78, 5) is 32.8. The average Bonchev–Trinajstić information content (AvgIpc) is 3.46. The van der Waals surface area contributed by atoms with E-state index in [1.807, 2.05) is 17.5 Å². The van der Waals surface area contributed by atoms with Gasteiger partial charge in [-0.3, -0.25) is 19.5 Å². The van der Waals surface area contributed by atoms with Gasteiger partial charge in [-0.25, -0.2) is 4.52 Å².